The molecule has 0 amide bonds. The second-order valence-electron chi connectivity index (χ2n) is 3.04. The summed E-state index contributed by atoms with van der Waals surface area (Å²) in [6.07, 6.45) is 4.58. The summed E-state index contributed by atoms with van der Waals surface area (Å²) in [5, 5.41) is 0. The highest BCUT2D eigenvalue weighted by Crippen LogP contribution is 2.01. The molecule has 0 radical (unpaired) electrons. The van der Waals surface area contributed by atoms with Crippen LogP contribution >= 0.6 is 0 Å². The molecule has 2 N–H and O–H groups in total. The Morgan fingerprint density at radius 3 is 2.00 bits per heavy atom. The normalized spacial score (nSPS) is 8.17. The first-order valence-corrected chi connectivity index (χ1v) is 4.80. The van der Waals surface area contributed by atoms with Crippen LogP contribution in [-0.2, 0) is 0 Å². The molecule has 0 saturated carbocycles. The zero-order valence-electron chi connectivity index (χ0n) is 8.98. The minimum atomic E-state index is 0.802. The molecule has 0 aromatic heterocycles. The Kier molecular flexibility index (Phi) is 15.4. The zero-order valence-corrected chi connectivity index (χ0v) is 8.98. The molecule has 0 atom stereocenters. The highest BCUT2D eigenvalue weighted by Gasteiger charge is 1.88. The van der Waals surface area contributed by atoms with Gasteiger partial charge in [-0.2, -0.15) is 0 Å². The Bertz CT molecular complexity index is 117. The van der Waals surface area contributed by atoms with Gasteiger partial charge in [0.15, 0.2) is 0 Å². The van der Waals surface area contributed by atoms with Gasteiger partial charge in [0.1, 0.15) is 0 Å². The van der Waals surface area contributed by atoms with Crippen molar-refractivity contribution in [3.63, 3.8) is 0 Å². The summed E-state index contributed by atoms with van der Waals surface area (Å²) in [6.45, 7) is 6.64. The lowest BCUT2D eigenvalue weighted by Crippen LogP contribution is -1.83. The van der Waals surface area contributed by atoms with Crippen molar-refractivity contribution in [2.75, 3.05) is 7.05 Å². The molecule has 0 spiro atoms. The molecule has 0 aromatic carbocycles. The molecule has 0 aromatic rings. The second kappa shape index (κ2) is 13.1. The van der Waals surface area contributed by atoms with Crippen LogP contribution < -0.4 is 5.73 Å². The predicted octanol–water partition coefficient (Wildman–Crippen LogP) is 2.80. The molecule has 1 heteroatoms. The SMILES string of the molecule is CCCC#CCCC(C)C.CN. The summed E-state index contributed by atoms with van der Waals surface area (Å²) in [7, 11) is 1.50. The Morgan fingerprint density at radius 2 is 1.58 bits per heavy atom. The van der Waals surface area contributed by atoms with Crippen LogP contribution in [0, 0.1) is 17.8 Å². The first-order chi connectivity index (χ1) is 5.77. The third-order valence-corrected chi connectivity index (χ3v) is 1.35. The largest absolute Gasteiger partial charge is 0.333 e. The van der Waals surface area contributed by atoms with Gasteiger partial charge in [-0.3, -0.25) is 0 Å². The average Bonchev–Trinajstić information content (AvgIpc) is 2.07. The van der Waals surface area contributed by atoms with Crippen LogP contribution in [0.3, 0.4) is 0 Å². The molecule has 0 aliphatic rings. The quantitative estimate of drug-likeness (QED) is 0.646. The van der Waals surface area contributed by atoms with Crippen molar-refractivity contribution >= 4 is 0 Å². The van der Waals surface area contributed by atoms with E-state index in [4.69, 9.17) is 0 Å². The smallest absolute Gasteiger partial charge is 0.00911 e. The van der Waals surface area contributed by atoms with Crippen LogP contribution in [0.2, 0.25) is 0 Å². The van der Waals surface area contributed by atoms with Crippen molar-refractivity contribution in [3.8, 4) is 11.8 Å². The van der Waals surface area contributed by atoms with Gasteiger partial charge in [-0.25, -0.2) is 0 Å². The topological polar surface area (TPSA) is 26.0 Å². The maximum Gasteiger partial charge on any atom is 0.00911 e. The fraction of sp³-hybridized carbons (Fsp3) is 0.818. The maximum atomic E-state index is 4.50. The van der Waals surface area contributed by atoms with Crippen molar-refractivity contribution in [3.05, 3.63) is 0 Å². The summed E-state index contributed by atoms with van der Waals surface area (Å²) in [6, 6.07) is 0. The van der Waals surface area contributed by atoms with Crippen molar-refractivity contribution in [2.24, 2.45) is 11.7 Å². The molecule has 0 aliphatic heterocycles. The van der Waals surface area contributed by atoms with Crippen LogP contribution in [0.15, 0.2) is 0 Å². The fourth-order valence-electron chi connectivity index (χ4n) is 0.663. The van der Waals surface area contributed by atoms with E-state index < -0.39 is 0 Å². The Morgan fingerprint density at radius 1 is 1.08 bits per heavy atom. The van der Waals surface area contributed by atoms with Gasteiger partial charge in [0, 0.05) is 12.8 Å². The van der Waals surface area contributed by atoms with Gasteiger partial charge in [0.2, 0.25) is 0 Å². The van der Waals surface area contributed by atoms with Crippen molar-refractivity contribution in [2.45, 2.75) is 46.5 Å². The van der Waals surface area contributed by atoms with Gasteiger partial charge in [0.25, 0.3) is 0 Å². The van der Waals surface area contributed by atoms with Crippen LogP contribution in [0.25, 0.3) is 0 Å². The molecule has 0 saturated heterocycles. The summed E-state index contributed by atoms with van der Waals surface area (Å²) in [4.78, 5) is 0. The minimum Gasteiger partial charge on any atom is -0.333 e. The first kappa shape index (κ1) is 14.1. The third-order valence-electron chi connectivity index (χ3n) is 1.35. The van der Waals surface area contributed by atoms with Gasteiger partial charge in [-0.15, -0.1) is 11.8 Å². The molecule has 0 aliphatic carbocycles. The monoisotopic (exact) mass is 169 g/mol. The summed E-state index contributed by atoms with van der Waals surface area (Å²) in [5.41, 5.74) is 4.50. The number of hydrogen-bond donors (Lipinski definition) is 1. The van der Waals surface area contributed by atoms with Gasteiger partial charge in [-0.05, 0) is 25.8 Å². The van der Waals surface area contributed by atoms with E-state index in [2.05, 4.69) is 38.3 Å². The number of unbranched alkanes of at least 4 members (excludes halogenated alkanes) is 1. The van der Waals surface area contributed by atoms with Crippen molar-refractivity contribution < 1.29 is 0 Å². The highest BCUT2D eigenvalue weighted by molar-refractivity contribution is 4.98. The number of hydrogen-bond acceptors (Lipinski definition) is 1. The molecular formula is C11H23N. The molecule has 72 valence electrons. The highest BCUT2D eigenvalue weighted by atomic mass is 14.4. The fourth-order valence-corrected chi connectivity index (χ4v) is 0.663. The van der Waals surface area contributed by atoms with Gasteiger partial charge in [-0.1, -0.05) is 20.8 Å². The van der Waals surface area contributed by atoms with E-state index in [1.807, 2.05) is 0 Å². The van der Waals surface area contributed by atoms with E-state index in [-0.39, 0.29) is 0 Å². The second-order valence-corrected chi connectivity index (χ2v) is 3.04. The van der Waals surface area contributed by atoms with Crippen molar-refractivity contribution in [1.82, 2.24) is 0 Å². The predicted molar refractivity (Wildman–Crippen MR) is 56.9 cm³/mol. The lowest BCUT2D eigenvalue weighted by molar-refractivity contribution is 0.599. The van der Waals surface area contributed by atoms with E-state index in [0.717, 1.165) is 18.8 Å². The van der Waals surface area contributed by atoms with Crippen molar-refractivity contribution in [1.29, 1.82) is 0 Å². The van der Waals surface area contributed by atoms with Crippen LogP contribution in [0.5, 0.6) is 0 Å². The number of nitrogens with two attached hydrogens (primary N) is 1. The van der Waals surface area contributed by atoms with Crippen LogP contribution in [0.4, 0.5) is 0 Å². The number of rotatable bonds is 3. The van der Waals surface area contributed by atoms with Gasteiger partial charge in [0.05, 0.1) is 0 Å². The lowest BCUT2D eigenvalue weighted by atomic mass is 10.1. The van der Waals surface area contributed by atoms with Gasteiger partial charge < -0.3 is 5.73 Å². The Balaban J connectivity index is 0. The molecule has 12 heavy (non-hydrogen) atoms. The summed E-state index contributed by atoms with van der Waals surface area (Å²) >= 11 is 0. The Labute approximate surface area is 77.7 Å². The molecular weight excluding hydrogens is 146 g/mol. The average molecular weight is 169 g/mol. The van der Waals surface area contributed by atoms with Crippen LogP contribution in [0.1, 0.15) is 46.5 Å². The summed E-state index contributed by atoms with van der Waals surface area (Å²) < 4.78 is 0. The van der Waals surface area contributed by atoms with E-state index in [9.17, 15) is 0 Å². The Hall–Kier alpha value is -0.480. The molecule has 0 bridgehead atoms. The van der Waals surface area contributed by atoms with E-state index in [1.165, 1.54) is 19.9 Å². The van der Waals surface area contributed by atoms with E-state index in [1.54, 1.807) is 0 Å². The van der Waals surface area contributed by atoms with E-state index >= 15 is 0 Å². The van der Waals surface area contributed by atoms with Gasteiger partial charge >= 0.3 is 0 Å². The molecule has 0 fully saturated rings. The molecule has 1 nitrogen and oxygen atoms in total. The first-order valence-electron chi connectivity index (χ1n) is 4.80. The third kappa shape index (κ3) is 16.3. The lowest BCUT2D eigenvalue weighted by Gasteiger charge is -1.96. The molecule has 0 heterocycles. The van der Waals surface area contributed by atoms with E-state index in [0.29, 0.717) is 0 Å². The maximum absolute atomic E-state index is 4.50. The summed E-state index contributed by atoms with van der Waals surface area (Å²) in [5.74, 6) is 7.11. The zero-order chi connectivity index (χ0) is 9.82. The molecule has 0 rings (SSSR count). The minimum absolute atomic E-state index is 0.802. The standard InChI is InChI=1S/C10H18.CH5N/c1-4-5-6-7-8-9-10(2)3;1-2/h10H,4-5,8-9H2,1-3H3;2H2,1H3. The van der Waals surface area contributed by atoms with Crippen LogP contribution in [-0.4, -0.2) is 7.05 Å². The molecule has 0 unspecified atom stereocenters.